The smallest absolute Gasteiger partial charge is 0.259 e. The van der Waals surface area contributed by atoms with Crippen LogP contribution in [0, 0.1) is 13.8 Å². The van der Waals surface area contributed by atoms with E-state index in [1.165, 1.54) is 0 Å². The number of H-pyrrole nitrogens is 1. The van der Waals surface area contributed by atoms with E-state index < -0.39 is 0 Å². The lowest BCUT2D eigenvalue weighted by atomic mass is 10.2. The van der Waals surface area contributed by atoms with E-state index in [9.17, 15) is 4.79 Å². The van der Waals surface area contributed by atoms with Crippen molar-refractivity contribution in [1.29, 1.82) is 0 Å². The van der Waals surface area contributed by atoms with Crippen LogP contribution in [0.15, 0.2) is 34.0 Å². The summed E-state index contributed by atoms with van der Waals surface area (Å²) in [7, 11) is 0. The highest BCUT2D eigenvalue weighted by molar-refractivity contribution is 7.99. The van der Waals surface area contributed by atoms with Crippen LogP contribution < -0.4 is 5.56 Å². The van der Waals surface area contributed by atoms with Gasteiger partial charge in [-0.1, -0.05) is 11.6 Å². The molecule has 3 rings (SSSR count). The molecule has 114 valence electrons. The van der Waals surface area contributed by atoms with Crippen molar-refractivity contribution < 1.29 is 0 Å². The number of hydrogen-bond donors (Lipinski definition) is 1. The summed E-state index contributed by atoms with van der Waals surface area (Å²) in [5, 5.41) is 1.49. The molecule has 0 unspecified atom stereocenters. The van der Waals surface area contributed by atoms with Gasteiger partial charge in [-0.2, -0.15) is 0 Å². The van der Waals surface area contributed by atoms with Gasteiger partial charge in [0.25, 0.3) is 5.56 Å². The molecule has 22 heavy (non-hydrogen) atoms. The van der Waals surface area contributed by atoms with Gasteiger partial charge in [-0.3, -0.25) is 4.79 Å². The summed E-state index contributed by atoms with van der Waals surface area (Å²) in [5.41, 5.74) is 0.976. The summed E-state index contributed by atoms with van der Waals surface area (Å²) in [6, 6.07) is 7.67. The van der Waals surface area contributed by atoms with Gasteiger partial charge in [0.1, 0.15) is 10.7 Å². The second-order valence-corrected chi connectivity index (χ2v) is 8.18. The van der Waals surface area contributed by atoms with Gasteiger partial charge in [0.15, 0.2) is 0 Å². The van der Waals surface area contributed by atoms with E-state index in [1.54, 1.807) is 23.1 Å². The number of rotatable bonds is 3. The Morgan fingerprint density at radius 2 is 1.95 bits per heavy atom. The Morgan fingerprint density at radius 3 is 2.64 bits per heavy atom. The molecule has 2 aromatic heterocycles. The molecule has 0 bridgehead atoms. The zero-order valence-corrected chi connectivity index (χ0v) is 14.8. The van der Waals surface area contributed by atoms with E-state index in [4.69, 9.17) is 11.6 Å². The van der Waals surface area contributed by atoms with Gasteiger partial charge in [-0.15, -0.1) is 23.1 Å². The Labute approximate surface area is 141 Å². The number of benzene rings is 1. The van der Waals surface area contributed by atoms with Crippen LogP contribution in [0.5, 0.6) is 0 Å². The molecule has 0 aliphatic rings. The highest BCUT2D eigenvalue weighted by Crippen LogP contribution is 2.34. The Hall–Kier alpha value is -1.30. The van der Waals surface area contributed by atoms with E-state index in [-0.39, 0.29) is 10.8 Å². The molecular weight excluding hydrogens is 336 g/mol. The Kier molecular flexibility index (Phi) is 4.30. The fourth-order valence-electron chi connectivity index (χ4n) is 2.24. The number of aromatic amines is 1. The first-order valence-corrected chi connectivity index (χ1v) is 8.95. The van der Waals surface area contributed by atoms with Gasteiger partial charge >= 0.3 is 0 Å². The summed E-state index contributed by atoms with van der Waals surface area (Å²) < 4.78 is 0. The number of fused-ring (bicyclic) bond motifs is 1. The van der Waals surface area contributed by atoms with E-state index >= 15 is 0 Å². The van der Waals surface area contributed by atoms with Gasteiger partial charge in [0.2, 0.25) is 0 Å². The average Bonchev–Trinajstić information content (AvgIpc) is 2.77. The third kappa shape index (κ3) is 2.93. The van der Waals surface area contributed by atoms with Crippen LogP contribution in [0.3, 0.4) is 0 Å². The minimum absolute atomic E-state index is 0.0505. The lowest BCUT2D eigenvalue weighted by Crippen LogP contribution is -2.12. The number of thiophene rings is 1. The van der Waals surface area contributed by atoms with Crippen molar-refractivity contribution >= 4 is 44.9 Å². The lowest BCUT2D eigenvalue weighted by Gasteiger charge is -2.10. The molecule has 0 aliphatic carbocycles. The summed E-state index contributed by atoms with van der Waals surface area (Å²) in [6.45, 7) is 6.03. The fraction of sp³-hybridized carbons (Fsp3) is 0.250. The van der Waals surface area contributed by atoms with Crippen LogP contribution in [-0.2, 0) is 0 Å². The van der Waals surface area contributed by atoms with Gasteiger partial charge in [-0.25, -0.2) is 4.98 Å². The minimum Gasteiger partial charge on any atom is -0.309 e. The van der Waals surface area contributed by atoms with Gasteiger partial charge in [-0.05, 0) is 50.6 Å². The molecule has 0 saturated heterocycles. The van der Waals surface area contributed by atoms with E-state index in [0.717, 1.165) is 30.6 Å². The molecule has 0 amide bonds. The predicted octanol–water partition coefficient (Wildman–Crippen LogP) is 5.11. The largest absolute Gasteiger partial charge is 0.309 e. The molecular formula is C16H15ClN2OS2. The van der Waals surface area contributed by atoms with Crippen LogP contribution in [0.25, 0.3) is 10.2 Å². The van der Waals surface area contributed by atoms with Crippen molar-refractivity contribution in [3.8, 4) is 0 Å². The van der Waals surface area contributed by atoms with Crippen molar-refractivity contribution in [2.75, 3.05) is 0 Å². The SMILES string of the molecule is Cc1sc2nc([C@H](C)Sc3ccc(Cl)cc3)[nH]c(=O)c2c1C. The van der Waals surface area contributed by atoms with Crippen LogP contribution in [0.2, 0.25) is 5.02 Å². The maximum atomic E-state index is 12.3. The van der Waals surface area contributed by atoms with Gasteiger partial charge < -0.3 is 4.98 Å². The van der Waals surface area contributed by atoms with Crippen molar-refractivity contribution in [2.24, 2.45) is 0 Å². The number of halogens is 1. The maximum absolute atomic E-state index is 12.3. The third-order valence-corrected chi connectivity index (χ3v) is 6.04. The van der Waals surface area contributed by atoms with Crippen molar-refractivity contribution in [3.63, 3.8) is 0 Å². The van der Waals surface area contributed by atoms with Gasteiger partial charge in [0.05, 0.1) is 10.6 Å². The average molecular weight is 351 g/mol. The fourth-order valence-corrected chi connectivity index (χ4v) is 4.32. The summed E-state index contributed by atoms with van der Waals surface area (Å²) in [4.78, 5) is 23.0. The molecule has 0 aliphatic heterocycles. The van der Waals surface area contributed by atoms with Crippen LogP contribution in [-0.4, -0.2) is 9.97 Å². The quantitative estimate of drug-likeness (QED) is 0.668. The monoisotopic (exact) mass is 350 g/mol. The first kappa shape index (κ1) is 15.6. The van der Waals surface area contributed by atoms with Crippen molar-refractivity contribution in [1.82, 2.24) is 9.97 Å². The number of nitrogens with one attached hydrogen (secondary N) is 1. The molecule has 0 saturated carbocycles. The molecule has 1 N–H and O–H groups in total. The molecule has 0 spiro atoms. The van der Waals surface area contributed by atoms with E-state index in [2.05, 4.69) is 9.97 Å². The molecule has 2 heterocycles. The van der Waals surface area contributed by atoms with Crippen molar-refractivity contribution in [2.45, 2.75) is 30.9 Å². The number of thioether (sulfide) groups is 1. The molecule has 1 atom stereocenters. The van der Waals surface area contributed by atoms with Gasteiger partial charge in [0, 0.05) is 14.8 Å². The van der Waals surface area contributed by atoms with Crippen LogP contribution >= 0.6 is 34.7 Å². The Bertz CT molecular complexity index is 884. The minimum atomic E-state index is -0.0505. The standard InChI is InChI=1S/C16H15ClN2OS2/c1-8-9(2)22-16-13(8)15(20)18-14(19-16)10(3)21-12-6-4-11(17)5-7-12/h4-7,10H,1-3H3,(H,18,19,20)/t10-/m0/s1. The Balaban J connectivity index is 1.95. The number of aryl methyl sites for hydroxylation is 2. The molecule has 0 radical (unpaired) electrons. The lowest BCUT2D eigenvalue weighted by molar-refractivity contribution is 0.925. The number of aromatic nitrogens is 2. The van der Waals surface area contributed by atoms with Crippen molar-refractivity contribution in [3.05, 3.63) is 55.9 Å². The van der Waals surface area contributed by atoms with E-state index in [1.807, 2.05) is 45.0 Å². The highest BCUT2D eigenvalue weighted by atomic mass is 35.5. The topological polar surface area (TPSA) is 45.8 Å². The summed E-state index contributed by atoms with van der Waals surface area (Å²) in [6.07, 6.45) is 0. The summed E-state index contributed by atoms with van der Waals surface area (Å²) in [5.74, 6) is 0.707. The maximum Gasteiger partial charge on any atom is 0.259 e. The predicted molar refractivity (Wildman–Crippen MR) is 95.4 cm³/mol. The van der Waals surface area contributed by atoms with E-state index in [0.29, 0.717) is 5.82 Å². The molecule has 0 fully saturated rings. The zero-order chi connectivity index (χ0) is 15.9. The molecule has 3 aromatic rings. The number of hydrogen-bond acceptors (Lipinski definition) is 4. The second kappa shape index (κ2) is 6.07. The first-order valence-electron chi connectivity index (χ1n) is 6.88. The third-order valence-electron chi connectivity index (χ3n) is 3.57. The Morgan fingerprint density at radius 1 is 1.27 bits per heavy atom. The number of nitrogens with zero attached hydrogens (tertiary/aromatic N) is 1. The summed E-state index contributed by atoms with van der Waals surface area (Å²) >= 11 is 9.12. The van der Waals surface area contributed by atoms with Crippen LogP contribution in [0.4, 0.5) is 0 Å². The highest BCUT2D eigenvalue weighted by Gasteiger charge is 2.16. The second-order valence-electron chi connectivity index (χ2n) is 5.13. The normalized spacial score (nSPS) is 12.7. The molecule has 1 aromatic carbocycles. The first-order chi connectivity index (χ1) is 10.5. The molecule has 3 nitrogen and oxygen atoms in total. The molecule has 6 heteroatoms. The van der Waals surface area contributed by atoms with Crippen LogP contribution in [0.1, 0.15) is 28.4 Å². The zero-order valence-electron chi connectivity index (χ0n) is 12.4.